The molecule has 36 heavy (non-hydrogen) atoms. The van der Waals surface area contributed by atoms with Crippen molar-refractivity contribution in [3.8, 4) is 11.5 Å². The summed E-state index contributed by atoms with van der Waals surface area (Å²) in [6, 6.07) is 21.9. The molecule has 0 aromatic heterocycles. The summed E-state index contributed by atoms with van der Waals surface area (Å²) in [5.41, 5.74) is 1.98. The average molecular weight is 493 g/mol. The molecule has 0 bridgehead atoms. The summed E-state index contributed by atoms with van der Waals surface area (Å²) in [6.45, 7) is 3.80. The van der Waals surface area contributed by atoms with Crippen LogP contribution >= 0.6 is 0 Å². The van der Waals surface area contributed by atoms with Gasteiger partial charge in [0.1, 0.15) is 23.9 Å². The van der Waals surface area contributed by atoms with Gasteiger partial charge in [-0.3, -0.25) is 0 Å². The molecule has 0 amide bonds. The number of unbranched alkanes of at least 4 members (excludes halogenated alkanes) is 1. The Balaban J connectivity index is 0.000000434. The van der Waals surface area contributed by atoms with Crippen molar-refractivity contribution >= 4 is 18.0 Å². The van der Waals surface area contributed by atoms with Crippen LogP contribution in [-0.2, 0) is 20.9 Å². The first kappa shape index (κ1) is 27.9. The Hall–Kier alpha value is -4.39. The lowest BCUT2D eigenvalue weighted by Gasteiger charge is -2.08. The predicted molar refractivity (Wildman–Crippen MR) is 136 cm³/mol. The lowest BCUT2D eigenvalue weighted by molar-refractivity contribution is -0.136. The van der Waals surface area contributed by atoms with Gasteiger partial charge in [0.2, 0.25) is 5.76 Å². The third-order valence-corrected chi connectivity index (χ3v) is 4.75. The molecule has 3 aromatic carbocycles. The number of hydrogen-bond donors (Lipinski definition) is 2. The number of aliphatic carboxylic acids is 2. The molecule has 0 radical (unpaired) electrons. The van der Waals surface area contributed by atoms with Crippen LogP contribution in [0.3, 0.4) is 0 Å². The quantitative estimate of drug-likeness (QED) is 0.232. The normalized spacial score (nSPS) is 11.2. The fourth-order valence-corrected chi connectivity index (χ4v) is 2.77. The van der Waals surface area contributed by atoms with Crippen LogP contribution in [0.25, 0.3) is 6.08 Å². The number of allylic oxidation sites excluding steroid dienone is 1. The average Bonchev–Trinajstić information content (AvgIpc) is 2.88. The van der Waals surface area contributed by atoms with Crippen molar-refractivity contribution < 1.29 is 33.7 Å². The van der Waals surface area contributed by atoms with Gasteiger partial charge in [-0.05, 0) is 66.9 Å². The number of hydrogen-bond acceptors (Lipinski definition) is 4. The summed E-state index contributed by atoms with van der Waals surface area (Å²) in [5.74, 6) is -1.37. The first-order valence-corrected chi connectivity index (χ1v) is 11.3. The standard InChI is InChI=1S/C22H17FO4.C7H12O2/c23-18-8-12-20(13-9-18)27-19-10-6-16(7-11-19)14-21(22(24)25)26-15-17-4-2-1-3-5-17;1-3-4-5-6(2)7(8)9/h1-14H,15H2,(H,24,25);5H,3-4H2,1-2H3,(H,8,9). The van der Waals surface area contributed by atoms with Crippen molar-refractivity contribution in [2.24, 2.45) is 0 Å². The number of rotatable bonds is 10. The van der Waals surface area contributed by atoms with E-state index in [1.165, 1.54) is 30.3 Å². The zero-order valence-corrected chi connectivity index (χ0v) is 20.2. The summed E-state index contributed by atoms with van der Waals surface area (Å²) >= 11 is 0. The van der Waals surface area contributed by atoms with E-state index < -0.39 is 11.9 Å². The van der Waals surface area contributed by atoms with E-state index in [4.69, 9.17) is 14.6 Å². The van der Waals surface area contributed by atoms with Crippen LogP contribution in [0, 0.1) is 5.82 Å². The summed E-state index contributed by atoms with van der Waals surface area (Å²) in [6.07, 6.45) is 5.05. The highest BCUT2D eigenvalue weighted by Gasteiger charge is 2.09. The van der Waals surface area contributed by atoms with Crippen LogP contribution < -0.4 is 4.74 Å². The monoisotopic (exact) mass is 492 g/mol. The minimum Gasteiger partial charge on any atom is -0.482 e. The highest BCUT2D eigenvalue weighted by molar-refractivity contribution is 5.89. The molecule has 0 aliphatic rings. The van der Waals surface area contributed by atoms with E-state index in [1.54, 1.807) is 37.3 Å². The first-order chi connectivity index (χ1) is 17.3. The van der Waals surface area contributed by atoms with E-state index in [0.29, 0.717) is 22.6 Å². The Morgan fingerprint density at radius 2 is 1.44 bits per heavy atom. The second kappa shape index (κ2) is 14.8. The van der Waals surface area contributed by atoms with Gasteiger partial charge in [-0.2, -0.15) is 0 Å². The molecule has 188 valence electrons. The third kappa shape index (κ3) is 10.3. The van der Waals surface area contributed by atoms with Crippen molar-refractivity contribution in [3.63, 3.8) is 0 Å². The van der Waals surface area contributed by atoms with E-state index in [-0.39, 0.29) is 18.2 Å². The smallest absolute Gasteiger partial charge is 0.371 e. The van der Waals surface area contributed by atoms with E-state index in [9.17, 15) is 19.1 Å². The SMILES string of the molecule is CCCC=C(C)C(=O)O.O=C(O)C(=Cc1ccc(Oc2ccc(F)cc2)cc1)OCc1ccccc1. The van der Waals surface area contributed by atoms with Crippen molar-refractivity contribution in [2.45, 2.75) is 33.3 Å². The fraction of sp³-hybridized carbons (Fsp3) is 0.172. The van der Waals surface area contributed by atoms with Crippen molar-refractivity contribution in [1.82, 2.24) is 0 Å². The van der Waals surface area contributed by atoms with Crippen LogP contribution in [0.2, 0.25) is 0 Å². The molecule has 0 fully saturated rings. The lowest BCUT2D eigenvalue weighted by Crippen LogP contribution is -2.05. The number of carbonyl (C=O) groups is 2. The molecule has 0 saturated heterocycles. The summed E-state index contributed by atoms with van der Waals surface area (Å²) in [7, 11) is 0. The molecule has 0 aliphatic carbocycles. The van der Waals surface area contributed by atoms with Crippen molar-refractivity contribution in [2.75, 3.05) is 0 Å². The molecule has 0 spiro atoms. The molecule has 2 N–H and O–H groups in total. The van der Waals surface area contributed by atoms with Crippen molar-refractivity contribution in [3.05, 3.63) is 113 Å². The number of halogens is 1. The number of ether oxygens (including phenoxy) is 2. The zero-order chi connectivity index (χ0) is 26.3. The Morgan fingerprint density at radius 1 is 0.861 bits per heavy atom. The minimum absolute atomic E-state index is 0.147. The van der Waals surface area contributed by atoms with Gasteiger partial charge >= 0.3 is 11.9 Å². The van der Waals surface area contributed by atoms with Gasteiger partial charge in [0, 0.05) is 5.57 Å². The molecule has 0 unspecified atom stereocenters. The summed E-state index contributed by atoms with van der Waals surface area (Å²) in [4.78, 5) is 21.5. The van der Waals surface area contributed by atoms with Gasteiger partial charge in [0.25, 0.3) is 0 Å². The number of benzene rings is 3. The van der Waals surface area contributed by atoms with Gasteiger partial charge in [0.05, 0.1) is 0 Å². The largest absolute Gasteiger partial charge is 0.482 e. The van der Waals surface area contributed by atoms with Gasteiger partial charge in [0.15, 0.2) is 0 Å². The molecule has 3 aromatic rings. The maximum Gasteiger partial charge on any atom is 0.371 e. The Morgan fingerprint density at radius 3 is 1.97 bits per heavy atom. The second-order valence-corrected chi connectivity index (χ2v) is 7.69. The zero-order valence-electron chi connectivity index (χ0n) is 20.2. The fourth-order valence-electron chi connectivity index (χ4n) is 2.77. The molecule has 3 rings (SSSR count). The number of carboxylic acid groups (broad SMARTS) is 2. The first-order valence-electron chi connectivity index (χ1n) is 11.3. The lowest BCUT2D eigenvalue weighted by atomic mass is 10.2. The Bertz CT molecular complexity index is 1170. The summed E-state index contributed by atoms with van der Waals surface area (Å²) < 4.78 is 24.0. The maximum atomic E-state index is 12.9. The van der Waals surface area contributed by atoms with Crippen LogP contribution in [-0.4, -0.2) is 22.2 Å². The molecule has 0 heterocycles. The van der Waals surface area contributed by atoms with Gasteiger partial charge in [-0.25, -0.2) is 14.0 Å². The van der Waals surface area contributed by atoms with Gasteiger partial charge < -0.3 is 19.7 Å². The van der Waals surface area contributed by atoms with E-state index in [0.717, 1.165) is 18.4 Å². The molecular weight excluding hydrogens is 463 g/mol. The topological polar surface area (TPSA) is 93.1 Å². The second-order valence-electron chi connectivity index (χ2n) is 7.69. The van der Waals surface area contributed by atoms with Crippen LogP contribution in [0.15, 0.2) is 96.3 Å². The Kier molecular flexibility index (Phi) is 11.4. The molecule has 0 saturated carbocycles. The molecular formula is C29H29FO6. The maximum absolute atomic E-state index is 12.9. The minimum atomic E-state index is -1.14. The van der Waals surface area contributed by atoms with E-state index in [2.05, 4.69) is 0 Å². The van der Waals surface area contributed by atoms with Crippen molar-refractivity contribution in [1.29, 1.82) is 0 Å². The van der Waals surface area contributed by atoms with Crippen LogP contribution in [0.5, 0.6) is 11.5 Å². The van der Waals surface area contributed by atoms with Gasteiger partial charge in [-0.15, -0.1) is 0 Å². The highest BCUT2D eigenvalue weighted by Crippen LogP contribution is 2.23. The Labute approximate surface area is 209 Å². The molecule has 6 nitrogen and oxygen atoms in total. The highest BCUT2D eigenvalue weighted by atomic mass is 19.1. The third-order valence-electron chi connectivity index (χ3n) is 4.75. The molecule has 0 atom stereocenters. The summed E-state index contributed by atoms with van der Waals surface area (Å²) in [5, 5.41) is 17.7. The van der Waals surface area contributed by atoms with E-state index >= 15 is 0 Å². The predicted octanol–water partition coefficient (Wildman–Crippen LogP) is 7.08. The molecule has 7 heteroatoms. The molecule has 0 aliphatic heterocycles. The van der Waals surface area contributed by atoms with E-state index in [1.807, 2.05) is 37.3 Å². The van der Waals surface area contributed by atoms with Crippen LogP contribution in [0.4, 0.5) is 4.39 Å². The van der Waals surface area contributed by atoms with Crippen LogP contribution in [0.1, 0.15) is 37.8 Å². The number of carboxylic acids is 2. The van der Waals surface area contributed by atoms with Gasteiger partial charge in [-0.1, -0.05) is 61.9 Å².